The van der Waals surface area contributed by atoms with Crippen molar-refractivity contribution in [1.29, 1.82) is 0 Å². The molecule has 2 rings (SSSR count). The van der Waals surface area contributed by atoms with Gasteiger partial charge in [0.2, 0.25) is 0 Å². The van der Waals surface area contributed by atoms with Crippen molar-refractivity contribution in [3.8, 4) is 0 Å². The predicted octanol–water partition coefficient (Wildman–Crippen LogP) is 3.61. The van der Waals surface area contributed by atoms with E-state index in [1.165, 1.54) is 32.1 Å². The first-order valence-electron chi connectivity index (χ1n) is 5.02. The Morgan fingerprint density at radius 1 is 1.09 bits per heavy atom. The Bertz CT molecular complexity index is 161. The summed E-state index contributed by atoms with van der Waals surface area (Å²) in [5, 5.41) is 0. The van der Waals surface area contributed by atoms with E-state index in [9.17, 15) is 0 Å². The van der Waals surface area contributed by atoms with Crippen molar-refractivity contribution in [3.63, 3.8) is 0 Å². The second kappa shape index (κ2) is 2.02. The SMILES string of the molecule is CC1CC2(CCC(C)(C)C2)C1. The molecule has 0 amide bonds. The van der Waals surface area contributed by atoms with E-state index < -0.39 is 0 Å². The third kappa shape index (κ3) is 1.21. The third-order valence-electron chi connectivity index (χ3n) is 3.75. The molecule has 0 aromatic carbocycles. The van der Waals surface area contributed by atoms with Crippen LogP contribution in [0.25, 0.3) is 0 Å². The summed E-state index contributed by atoms with van der Waals surface area (Å²) in [4.78, 5) is 0. The fraction of sp³-hybridized carbons (Fsp3) is 1.00. The van der Waals surface area contributed by atoms with E-state index in [1.54, 1.807) is 0 Å². The van der Waals surface area contributed by atoms with E-state index in [4.69, 9.17) is 0 Å². The van der Waals surface area contributed by atoms with Gasteiger partial charge in [0.15, 0.2) is 0 Å². The minimum absolute atomic E-state index is 0.667. The molecule has 0 N–H and O–H groups in total. The van der Waals surface area contributed by atoms with Gasteiger partial charge >= 0.3 is 0 Å². The van der Waals surface area contributed by atoms with Crippen LogP contribution >= 0.6 is 0 Å². The first-order valence-corrected chi connectivity index (χ1v) is 5.02. The molecule has 0 radical (unpaired) electrons. The number of rotatable bonds is 0. The van der Waals surface area contributed by atoms with Crippen molar-refractivity contribution >= 4 is 0 Å². The lowest BCUT2D eigenvalue weighted by Gasteiger charge is -2.45. The summed E-state index contributed by atoms with van der Waals surface area (Å²) in [7, 11) is 0. The van der Waals surface area contributed by atoms with Crippen LogP contribution < -0.4 is 0 Å². The molecule has 0 aromatic rings. The van der Waals surface area contributed by atoms with E-state index in [0.717, 1.165) is 11.3 Å². The van der Waals surface area contributed by atoms with E-state index in [2.05, 4.69) is 20.8 Å². The van der Waals surface area contributed by atoms with E-state index in [-0.39, 0.29) is 0 Å². The highest BCUT2D eigenvalue weighted by Crippen LogP contribution is 2.61. The summed E-state index contributed by atoms with van der Waals surface area (Å²) in [6.45, 7) is 7.27. The summed E-state index contributed by atoms with van der Waals surface area (Å²) in [6.07, 6.45) is 7.54. The third-order valence-corrected chi connectivity index (χ3v) is 3.75. The Morgan fingerprint density at radius 2 is 1.73 bits per heavy atom. The largest absolute Gasteiger partial charge is 0.0625 e. The minimum Gasteiger partial charge on any atom is -0.0625 e. The molecule has 1 spiro atoms. The van der Waals surface area contributed by atoms with Crippen molar-refractivity contribution in [1.82, 2.24) is 0 Å². The quantitative estimate of drug-likeness (QED) is 0.497. The Hall–Kier alpha value is 0. The summed E-state index contributed by atoms with van der Waals surface area (Å²) in [6, 6.07) is 0. The van der Waals surface area contributed by atoms with E-state index >= 15 is 0 Å². The molecule has 0 saturated heterocycles. The molecule has 2 aliphatic rings. The van der Waals surface area contributed by atoms with E-state index in [0.29, 0.717) is 5.41 Å². The molecule has 11 heavy (non-hydrogen) atoms. The van der Waals surface area contributed by atoms with Gasteiger partial charge in [0.25, 0.3) is 0 Å². The van der Waals surface area contributed by atoms with Crippen molar-refractivity contribution < 1.29 is 0 Å². The summed E-state index contributed by atoms with van der Waals surface area (Å²) >= 11 is 0. The Labute approximate surface area is 70.4 Å². The maximum atomic E-state index is 2.44. The first kappa shape index (κ1) is 7.64. The molecule has 0 aliphatic heterocycles. The highest BCUT2D eigenvalue weighted by atomic mass is 14.5. The van der Waals surface area contributed by atoms with E-state index in [1.807, 2.05) is 0 Å². The van der Waals surface area contributed by atoms with Gasteiger partial charge in [-0.05, 0) is 48.9 Å². The van der Waals surface area contributed by atoms with Crippen molar-refractivity contribution in [2.24, 2.45) is 16.7 Å². The second-order valence-corrected chi connectivity index (χ2v) is 5.85. The molecule has 0 unspecified atom stereocenters. The van der Waals surface area contributed by atoms with Crippen LogP contribution in [0.2, 0.25) is 0 Å². The van der Waals surface area contributed by atoms with Crippen LogP contribution in [0.3, 0.4) is 0 Å². The highest BCUT2D eigenvalue weighted by molar-refractivity contribution is 5.00. The van der Waals surface area contributed by atoms with Crippen molar-refractivity contribution in [2.45, 2.75) is 52.9 Å². The van der Waals surface area contributed by atoms with Crippen LogP contribution in [-0.2, 0) is 0 Å². The average Bonchev–Trinajstić information content (AvgIpc) is 2.05. The zero-order valence-electron chi connectivity index (χ0n) is 8.11. The van der Waals surface area contributed by atoms with Gasteiger partial charge in [-0.1, -0.05) is 20.8 Å². The fourth-order valence-corrected chi connectivity index (χ4v) is 3.56. The average molecular weight is 152 g/mol. The Balaban J connectivity index is 2.00. The zero-order valence-corrected chi connectivity index (χ0v) is 8.11. The standard InChI is InChI=1S/C11H20/c1-9-6-11(7-9)5-4-10(2,3)8-11/h9H,4-8H2,1-3H3. The maximum Gasteiger partial charge on any atom is -0.0287 e. The van der Waals surface area contributed by atoms with Gasteiger partial charge < -0.3 is 0 Å². The van der Waals surface area contributed by atoms with Crippen LogP contribution in [0.15, 0.2) is 0 Å². The molecule has 0 aromatic heterocycles. The summed E-state index contributed by atoms with van der Waals surface area (Å²) in [5.74, 6) is 1.03. The van der Waals surface area contributed by atoms with Gasteiger partial charge in [0, 0.05) is 0 Å². The first-order chi connectivity index (χ1) is 5.02. The van der Waals surface area contributed by atoms with Crippen LogP contribution in [0, 0.1) is 16.7 Å². The lowest BCUT2D eigenvalue weighted by molar-refractivity contribution is 0.0622. The van der Waals surface area contributed by atoms with Crippen LogP contribution in [-0.4, -0.2) is 0 Å². The molecule has 2 saturated carbocycles. The second-order valence-electron chi connectivity index (χ2n) is 5.85. The predicted molar refractivity (Wildman–Crippen MR) is 48.5 cm³/mol. The molecule has 0 heterocycles. The maximum absolute atomic E-state index is 2.44. The highest BCUT2D eigenvalue weighted by Gasteiger charge is 2.49. The zero-order chi connectivity index (χ0) is 8.11. The molecule has 2 aliphatic carbocycles. The molecule has 0 nitrogen and oxygen atoms in total. The number of hydrogen-bond donors (Lipinski definition) is 0. The molecule has 2 fully saturated rings. The molecular weight excluding hydrogens is 132 g/mol. The van der Waals surface area contributed by atoms with Crippen molar-refractivity contribution in [3.05, 3.63) is 0 Å². The van der Waals surface area contributed by atoms with Crippen LogP contribution in [0.1, 0.15) is 52.9 Å². The molecule has 64 valence electrons. The van der Waals surface area contributed by atoms with Crippen molar-refractivity contribution in [2.75, 3.05) is 0 Å². The molecule has 0 atom stereocenters. The van der Waals surface area contributed by atoms with Gasteiger partial charge in [-0.2, -0.15) is 0 Å². The van der Waals surface area contributed by atoms with Crippen LogP contribution in [0.4, 0.5) is 0 Å². The topological polar surface area (TPSA) is 0 Å². The smallest absolute Gasteiger partial charge is 0.0287 e. The lowest BCUT2D eigenvalue weighted by Crippen LogP contribution is -2.33. The van der Waals surface area contributed by atoms with Gasteiger partial charge in [0.1, 0.15) is 0 Å². The monoisotopic (exact) mass is 152 g/mol. The lowest BCUT2D eigenvalue weighted by atomic mass is 9.61. The number of hydrogen-bond acceptors (Lipinski definition) is 0. The van der Waals surface area contributed by atoms with Gasteiger partial charge in [0.05, 0.1) is 0 Å². The van der Waals surface area contributed by atoms with Gasteiger partial charge in [-0.3, -0.25) is 0 Å². The summed E-state index contributed by atoms with van der Waals surface area (Å²) < 4.78 is 0. The Morgan fingerprint density at radius 3 is 2.09 bits per heavy atom. The molecule has 0 heteroatoms. The normalized spacial score (nSPS) is 47.7. The van der Waals surface area contributed by atoms with Gasteiger partial charge in [-0.15, -0.1) is 0 Å². The minimum atomic E-state index is 0.667. The molecular formula is C11H20. The Kier molecular flexibility index (Phi) is 1.41. The fourth-order valence-electron chi connectivity index (χ4n) is 3.56. The molecule has 0 bridgehead atoms. The summed E-state index contributed by atoms with van der Waals surface area (Å²) in [5.41, 5.74) is 1.49. The van der Waals surface area contributed by atoms with Gasteiger partial charge in [-0.25, -0.2) is 0 Å². The van der Waals surface area contributed by atoms with Crippen LogP contribution in [0.5, 0.6) is 0 Å².